The number of rotatable bonds is 6. The summed E-state index contributed by atoms with van der Waals surface area (Å²) in [4.78, 5) is 12.6. The summed E-state index contributed by atoms with van der Waals surface area (Å²) in [5.41, 5.74) is 0.938. The maximum atomic E-state index is 14.8. The Morgan fingerprint density at radius 2 is 1.47 bits per heavy atom. The Bertz CT molecular complexity index is 1280. The molecule has 3 aromatic rings. The molecule has 1 aliphatic carbocycles. The van der Waals surface area contributed by atoms with Crippen molar-refractivity contribution in [2.45, 2.75) is 51.0 Å². The van der Waals surface area contributed by atoms with Crippen molar-refractivity contribution in [3.8, 4) is 16.9 Å². The third-order valence-electron chi connectivity index (χ3n) is 7.37. The number of benzene rings is 3. The van der Waals surface area contributed by atoms with E-state index in [2.05, 4.69) is 6.92 Å². The summed E-state index contributed by atoms with van der Waals surface area (Å²) < 4.78 is 68.6. The van der Waals surface area contributed by atoms with E-state index in [0.29, 0.717) is 23.7 Å². The first kappa shape index (κ1) is 24.5. The van der Waals surface area contributed by atoms with Gasteiger partial charge in [-0.15, -0.1) is 0 Å². The van der Waals surface area contributed by atoms with Crippen LogP contribution in [0.25, 0.3) is 11.1 Å². The Morgan fingerprint density at radius 3 is 2.11 bits per heavy atom. The second-order valence-corrected chi connectivity index (χ2v) is 9.53. The first-order valence-corrected chi connectivity index (χ1v) is 12.3. The molecular weight excluding hydrogens is 472 g/mol. The number of halogens is 4. The Kier molecular flexibility index (Phi) is 6.84. The summed E-state index contributed by atoms with van der Waals surface area (Å²) in [7, 11) is 0. The summed E-state index contributed by atoms with van der Waals surface area (Å²) in [6, 6.07) is 11.3. The van der Waals surface area contributed by atoms with Crippen LogP contribution in [0.4, 0.5) is 17.6 Å². The van der Waals surface area contributed by atoms with Crippen LogP contribution in [-0.2, 0) is 4.74 Å². The van der Waals surface area contributed by atoms with Gasteiger partial charge in [0.2, 0.25) is 5.82 Å². The molecule has 1 heterocycles. The van der Waals surface area contributed by atoms with Crippen molar-refractivity contribution in [2.24, 2.45) is 5.92 Å². The minimum Gasteiger partial charge on any atom is -0.420 e. The summed E-state index contributed by atoms with van der Waals surface area (Å²) in [6.45, 7) is 2.50. The van der Waals surface area contributed by atoms with E-state index in [1.165, 1.54) is 48.5 Å². The van der Waals surface area contributed by atoms with Crippen LogP contribution in [0.3, 0.4) is 0 Å². The highest BCUT2D eigenvalue weighted by Gasteiger charge is 2.30. The van der Waals surface area contributed by atoms with Crippen LogP contribution in [0.2, 0.25) is 0 Å². The molecule has 2 aliphatic rings. The van der Waals surface area contributed by atoms with Crippen molar-refractivity contribution >= 4 is 5.97 Å². The van der Waals surface area contributed by atoms with Crippen molar-refractivity contribution < 1.29 is 31.8 Å². The molecule has 1 aliphatic heterocycles. The third-order valence-corrected chi connectivity index (χ3v) is 7.37. The fourth-order valence-corrected chi connectivity index (χ4v) is 5.03. The molecule has 188 valence electrons. The molecule has 0 aromatic heterocycles. The van der Waals surface area contributed by atoms with Gasteiger partial charge in [0, 0.05) is 11.1 Å². The quantitative estimate of drug-likeness (QED) is 0.150. The molecule has 0 N–H and O–H groups in total. The van der Waals surface area contributed by atoms with Crippen LogP contribution in [0.5, 0.6) is 5.75 Å². The minimum atomic E-state index is -1.19. The van der Waals surface area contributed by atoms with Crippen molar-refractivity contribution in [3.05, 3.63) is 88.5 Å². The zero-order chi connectivity index (χ0) is 25.4. The van der Waals surface area contributed by atoms with Gasteiger partial charge in [-0.05, 0) is 66.8 Å². The van der Waals surface area contributed by atoms with Crippen molar-refractivity contribution in [1.29, 1.82) is 0 Å². The molecular formula is C29H26F4O3. The maximum absolute atomic E-state index is 14.8. The molecule has 0 spiro atoms. The Balaban J connectivity index is 1.29. The highest BCUT2D eigenvalue weighted by Crippen LogP contribution is 2.40. The fourth-order valence-electron chi connectivity index (χ4n) is 5.03. The zero-order valence-electron chi connectivity index (χ0n) is 19.8. The normalized spacial score (nSPS) is 21.3. The average Bonchev–Trinajstić information content (AvgIpc) is 3.74. The summed E-state index contributed by atoms with van der Waals surface area (Å²) >= 11 is 0. The average molecular weight is 499 g/mol. The monoisotopic (exact) mass is 498 g/mol. The van der Waals surface area contributed by atoms with Gasteiger partial charge in [-0.3, -0.25) is 0 Å². The molecule has 5 rings (SSSR count). The third kappa shape index (κ3) is 4.76. The molecule has 1 saturated heterocycles. The Labute approximate surface area is 207 Å². The topological polar surface area (TPSA) is 38.8 Å². The van der Waals surface area contributed by atoms with E-state index >= 15 is 0 Å². The van der Waals surface area contributed by atoms with E-state index in [4.69, 9.17) is 9.47 Å². The number of carbonyl (C=O) groups is 1. The van der Waals surface area contributed by atoms with Crippen LogP contribution in [0.1, 0.15) is 72.5 Å². The van der Waals surface area contributed by atoms with E-state index < -0.39 is 41.1 Å². The highest BCUT2D eigenvalue weighted by molar-refractivity contribution is 5.91. The predicted molar refractivity (Wildman–Crippen MR) is 127 cm³/mol. The lowest BCUT2D eigenvalue weighted by Gasteiger charge is -2.28. The highest BCUT2D eigenvalue weighted by atomic mass is 19.2. The van der Waals surface area contributed by atoms with Crippen molar-refractivity contribution in [3.63, 3.8) is 0 Å². The first-order chi connectivity index (χ1) is 17.4. The standard InChI is InChI=1S/C29H26F4O3/c1-2-16-3-5-17(6-4-16)21-13-14-23(28(33)26(21)31)36-29(34)19-9-7-18(8-10-19)20-11-12-22(24-15-35-24)27(32)25(20)30/h7-14,16-17,24H,2-6,15H2,1H3. The second-order valence-electron chi connectivity index (χ2n) is 9.53. The van der Waals surface area contributed by atoms with Gasteiger partial charge in [-0.1, -0.05) is 43.7 Å². The van der Waals surface area contributed by atoms with Crippen LogP contribution < -0.4 is 4.74 Å². The van der Waals surface area contributed by atoms with E-state index in [-0.39, 0.29) is 22.6 Å². The Morgan fingerprint density at radius 1 is 0.833 bits per heavy atom. The lowest BCUT2D eigenvalue weighted by molar-refractivity contribution is 0.0726. The summed E-state index contributed by atoms with van der Waals surface area (Å²) in [5, 5.41) is 0. The molecule has 36 heavy (non-hydrogen) atoms. The van der Waals surface area contributed by atoms with Gasteiger partial charge in [0.15, 0.2) is 23.2 Å². The molecule has 3 aromatic carbocycles. The number of ether oxygens (including phenoxy) is 2. The minimum absolute atomic E-state index is 0.0356. The van der Waals surface area contributed by atoms with Crippen LogP contribution >= 0.6 is 0 Å². The first-order valence-electron chi connectivity index (χ1n) is 12.3. The van der Waals surface area contributed by atoms with E-state index in [0.717, 1.165) is 32.1 Å². The molecule has 1 atom stereocenters. The molecule has 0 radical (unpaired) electrons. The second kappa shape index (κ2) is 10.1. The maximum Gasteiger partial charge on any atom is 0.343 e. The number of hydrogen-bond donors (Lipinski definition) is 0. The summed E-state index contributed by atoms with van der Waals surface area (Å²) in [5.74, 6) is -4.91. The number of carbonyl (C=O) groups excluding carboxylic acids is 1. The molecule has 0 bridgehead atoms. The molecule has 7 heteroatoms. The number of esters is 1. The van der Waals surface area contributed by atoms with Crippen molar-refractivity contribution in [1.82, 2.24) is 0 Å². The van der Waals surface area contributed by atoms with Crippen molar-refractivity contribution in [2.75, 3.05) is 6.61 Å². The Hall–Kier alpha value is -3.19. The lowest BCUT2D eigenvalue weighted by atomic mass is 9.77. The van der Waals surface area contributed by atoms with Gasteiger partial charge in [-0.2, -0.15) is 4.39 Å². The number of epoxide rings is 1. The van der Waals surface area contributed by atoms with Gasteiger partial charge in [-0.25, -0.2) is 18.0 Å². The largest absolute Gasteiger partial charge is 0.420 e. The van der Waals surface area contributed by atoms with Crippen LogP contribution in [0, 0.1) is 29.2 Å². The molecule has 2 fully saturated rings. The molecule has 0 amide bonds. The van der Waals surface area contributed by atoms with E-state index in [1.54, 1.807) is 0 Å². The molecule has 3 nitrogen and oxygen atoms in total. The van der Waals surface area contributed by atoms with E-state index in [1.807, 2.05) is 0 Å². The van der Waals surface area contributed by atoms with Gasteiger partial charge in [0.05, 0.1) is 12.2 Å². The summed E-state index contributed by atoms with van der Waals surface area (Å²) in [6.07, 6.45) is 4.27. The van der Waals surface area contributed by atoms with Crippen LogP contribution in [0.15, 0.2) is 48.5 Å². The predicted octanol–water partition coefficient (Wildman–Crippen LogP) is 7.88. The van der Waals surface area contributed by atoms with Gasteiger partial charge >= 0.3 is 5.97 Å². The van der Waals surface area contributed by atoms with Gasteiger partial charge < -0.3 is 9.47 Å². The molecule has 1 unspecified atom stereocenters. The lowest BCUT2D eigenvalue weighted by Crippen LogP contribution is -2.15. The van der Waals surface area contributed by atoms with Gasteiger partial charge in [0.1, 0.15) is 6.10 Å². The number of hydrogen-bond acceptors (Lipinski definition) is 3. The van der Waals surface area contributed by atoms with E-state index in [9.17, 15) is 22.4 Å². The zero-order valence-corrected chi connectivity index (χ0v) is 19.8. The van der Waals surface area contributed by atoms with Gasteiger partial charge in [0.25, 0.3) is 0 Å². The fraction of sp³-hybridized carbons (Fsp3) is 0.345. The molecule has 1 saturated carbocycles. The SMILES string of the molecule is CCC1CCC(c2ccc(OC(=O)c3ccc(-c4ccc(C5CO5)c(F)c4F)cc3)c(F)c2F)CC1. The van der Waals surface area contributed by atoms with Crippen LogP contribution in [-0.4, -0.2) is 12.6 Å². The smallest absolute Gasteiger partial charge is 0.343 e.